The van der Waals surface area contributed by atoms with Crippen molar-refractivity contribution in [3.63, 3.8) is 0 Å². The zero-order valence-electron chi connectivity index (χ0n) is 23.6. The van der Waals surface area contributed by atoms with Gasteiger partial charge in [-0.25, -0.2) is 26.3 Å². The lowest BCUT2D eigenvalue weighted by Gasteiger charge is -2.28. The van der Waals surface area contributed by atoms with Gasteiger partial charge in [-0.3, -0.25) is 0 Å². The summed E-state index contributed by atoms with van der Waals surface area (Å²) in [6, 6.07) is 13.1. The Labute approximate surface area is 249 Å². The lowest BCUT2D eigenvalue weighted by molar-refractivity contribution is -0.189. The molecule has 0 heterocycles. The number of hydrogen-bond donors (Lipinski definition) is 0. The molecule has 230 valence electrons. The standard InChI is InChI=1S/C35H28F8O/c1-2-3-4-20-5-7-21(8-6-20)22-9-11-23(12-10-22)24-13-14-27(28(36)15-24)25-16-29(37)33(30(38)17-25)35(42,43)44-26-18-31(39)34(41)32(40)19-26/h2-3,9-21H,4-8H2,1H3. The molecule has 0 bridgehead atoms. The Morgan fingerprint density at radius 1 is 0.682 bits per heavy atom. The fraction of sp³-hybridized carbons (Fsp3) is 0.257. The van der Waals surface area contributed by atoms with E-state index in [2.05, 4.69) is 16.9 Å². The molecule has 0 aromatic heterocycles. The van der Waals surface area contributed by atoms with E-state index in [0.29, 0.717) is 29.5 Å². The van der Waals surface area contributed by atoms with Crippen molar-refractivity contribution >= 4 is 0 Å². The van der Waals surface area contributed by atoms with Crippen LogP contribution < -0.4 is 4.74 Å². The third-order valence-corrected chi connectivity index (χ3v) is 8.08. The van der Waals surface area contributed by atoms with Crippen LogP contribution in [0.15, 0.2) is 78.9 Å². The smallest absolute Gasteiger partial charge is 0.429 e. The Hall–Kier alpha value is -4.14. The van der Waals surface area contributed by atoms with Crippen molar-refractivity contribution in [1.82, 2.24) is 0 Å². The molecule has 0 unspecified atom stereocenters. The van der Waals surface area contributed by atoms with Crippen LogP contribution in [0.2, 0.25) is 0 Å². The van der Waals surface area contributed by atoms with Crippen LogP contribution in [-0.4, -0.2) is 0 Å². The SMILES string of the molecule is CC=CCC1CCC(c2ccc(-c3ccc(-c4cc(F)c(C(F)(F)Oc5cc(F)c(F)c(F)c5)c(F)c4)c(F)c3)cc2)CC1. The maximum Gasteiger partial charge on any atom is 0.432 e. The summed E-state index contributed by atoms with van der Waals surface area (Å²) in [6.07, 6.45) is 5.22. The van der Waals surface area contributed by atoms with E-state index >= 15 is 4.39 Å². The summed E-state index contributed by atoms with van der Waals surface area (Å²) >= 11 is 0. The van der Waals surface area contributed by atoms with Crippen molar-refractivity contribution in [2.45, 2.75) is 51.1 Å². The minimum atomic E-state index is -4.75. The number of alkyl halides is 2. The predicted molar refractivity (Wildman–Crippen MR) is 152 cm³/mol. The van der Waals surface area contributed by atoms with Crippen LogP contribution in [0.25, 0.3) is 22.3 Å². The topological polar surface area (TPSA) is 9.23 Å². The molecular weight excluding hydrogens is 588 g/mol. The Kier molecular flexibility index (Phi) is 9.13. The van der Waals surface area contributed by atoms with Crippen molar-refractivity contribution in [3.05, 3.63) is 125 Å². The molecule has 0 atom stereocenters. The molecule has 1 nitrogen and oxygen atoms in total. The predicted octanol–water partition coefficient (Wildman–Crippen LogP) is 11.2. The third kappa shape index (κ3) is 6.66. The highest BCUT2D eigenvalue weighted by Gasteiger charge is 2.41. The molecule has 5 rings (SSSR count). The van der Waals surface area contributed by atoms with Gasteiger partial charge in [0.25, 0.3) is 0 Å². The molecule has 0 saturated heterocycles. The molecule has 1 fully saturated rings. The van der Waals surface area contributed by atoms with E-state index in [1.54, 1.807) is 6.07 Å². The number of halogens is 8. The van der Waals surface area contributed by atoms with Crippen LogP contribution >= 0.6 is 0 Å². The molecule has 0 N–H and O–H groups in total. The molecule has 1 saturated carbocycles. The van der Waals surface area contributed by atoms with Crippen LogP contribution in [0.5, 0.6) is 5.75 Å². The van der Waals surface area contributed by atoms with Gasteiger partial charge in [-0.1, -0.05) is 48.6 Å². The number of hydrogen-bond acceptors (Lipinski definition) is 1. The fourth-order valence-corrected chi connectivity index (χ4v) is 5.73. The lowest BCUT2D eigenvalue weighted by Crippen LogP contribution is -2.25. The van der Waals surface area contributed by atoms with E-state index < -0.39 is 52.3 Å². The second-order valence-electron chi connectivity index (χ2n) is 11.0. The first-order valence-electron chi connectivity index (χ1n) is 14.2. The molecule has 0 radical (unpaired) electrons. The number of rotatable bonds is 8. The summed E-state index contributed by atoms with van der Waals surface area (Å²) < 4.78 is 118. The van der Waals surface area contributed by atoms with Crippen molar-refractivity contribution in [2.75, 3.05) is 0 Å². The molecule has 9 heteroatoms. The fourth-order valence-electron chi connectivity index (χ4n) is 5.73. The molecule has 44 heavy (non-hydrogen) atoms. The van der Waals surface area contributed by atoms with Crippen LogP contribution in [0.3, 0.4) is 0 Å². The monoisotopic (exact) mass is 616 g/mol. The molecular formula is C35H28F8O. The average Bonchev–Trinajstić information content (AvgIpc) is 2.98. The minimum Gasteiger partial charge on any atom is -0.429 e. The zero-order chi connectivity index (χ0) is 31.6. The highest BCUT2D eigenvalue weighted by atomic mass is 19.3. The van der Waals surface area contributed by atoms with E-state index in [-0.39, 0.29) is 23.3 Å². The summed E-state index contributed by atoms with van der Waals surface area (Å²) in [7, 11) is 0. The Morgan fingerprint density at radius 3 is 1.82 bits per heavy atom. The molecule has 0 amide bonds. The van der Waals surface area contributed by atoms with Gasteiger partial charge in [-0.15, -0.1) is 0 Å². The van der Waals surface area contributed by atoms with Gasteiger partial charge in [0.1, 0.15) is 28.8 Å². The largest absolute Gasteiger partial charge is 0.432 e. The van der Waals surface area contributed by atoms with Crippen molar-refractivity contribution in [3.8, 4) is 28.0 Å². The first-order chi connectivity index (χ1) is 21.0. The van der Waals surface area contributed by atoms with Crippen molar-refractivity contribution in [1.29, 1.82) is 0 Å². The van der Waals surface area contributed by atoms with Crippen LogP contribution in [0, 0.1) is 40.8 Å². The molecule has 4 aromatic rings. The van der Waals surface area contributed by atoms with E-state index in [1.165, 1.54) is 30.5 Å². The summed E-state index contributed by atoms with van der Waals surface area (Å²) in [5.74, 6) is -10.0. The van der Waals surface area contributed by atoms with Crippen LogP contribution in [0.1, 0.15) is 56.1 Å². The maximum absolute atomic E-state index is 15.2. The summed E-state index contributed by atoms with van der Waals surface area (Å²) in [4.78, 5) is 0. The second-order valence-corrected chi connectivity index (χ2v) is 11.0. The van der Waals surface area contributed by atoms with Crippen LogP contribution in [0.4, 0.5) is 35.1 Å². The van der Waals surface area contributed by atoms with Gasteiger partial charge >= 0.3 is 6.11 Å². The number of benzene rings is 4. The van der Waals surface area contributed by atoms with E-state index in [4.69, 9.17) is 0 Å². The zero-order valence-corrected chi connectivity index (χ0v) is 23.6. The quantitative estimate of drug-likeness (QED) is 0.109. The molecule has 0 spiro atoms. The molecule has 4 aromatic carbocycles. The number of allylic oxidation sites excluding steroid dienone is 2. The van der Waals surface area contributed by atoms with E-state index in [0.717, 1.165) is 24.8 Å². The van der Waals surface area contributed by atoms with Gasteiger partial charge in [0.05, 0.1) is 0 Å². The normalized spacial score (nSPS) is 17.3. The lowest BCUT2D eigenvalue weighted by atomic mass is 9.77. The van der Waals surface area contributed by atoms with Gasteiger partial charge in [-0.2, -0.15) is 8.78 Å². The van der Waals surface area contributed by atoms with Crippen molar-refractivity contribution < 1.29 is 39.9 Å². The first-order valence-corrected chi connectivity index (χ1v) is 14.2. The van der Waals surface area contributed by atoms with E-state index in [9.17, 15) is 30.7 Å². The molecule has 1 aliphatic carbocycles. The molecule has 0 aliphatic heterocycles. The van der Waals surface area contributed by atoms with Gasteiger partial charge in [-0.05, 0) is 91.3 Å². The molecule has 1 aliphatic rings. The van der Waals surface area contributed by atoms with E-state index in [1.807, 2.05) is 31.2 Å². The van der Waals surface area contributed by atoms with Gasteiger partial charge in [0.2, 0.25) is 0 Å². The summed E-state index contributed by atoms with van der Waals surface area (Å²) in [5.41, 5.74) is 0.00838. The average molecular weight is 617 g/mol. The van der Waals surface area contributed by atoms with Gasteiger partial charge < -0.3 is 4.74 Å². The van der Waals surface area contributed by atoms with Crippen LogP contribution in [-0.2, 0) is 6.11 Å². The Bertz CT molecular complexity index is 1630. The Morgan fingerprint density at radius 2 is 1.25 bits per heavy atom. The first kappa shape index (κ1) is 31.3. The van der Waals surface area contributed by atoms with Crippen molar-refractivity contribution in [2.24, 2.45) is 5.92 Å². The second kappa shape index (κ2) is 12.8. The Balaban J connectivity index is 1.32. The van der Waals surface area contributed by atoms with Gasteiger partial charge in [0.15, 0.2) is 17.5 Å². The third-order valence-electron chi connectivity index (χ3n) is 8.08. The summed E-state index contributed by atoms with van der Waals surface area (Å²) in [6.45, 7) is 2.03. The maximum atomic E-state index is 15.2. The minimum absolute atomic E-state index is 0.110. The highest BCUT2D eigenvalue weighted by molar-refractivity contribution is 5.71. The summed E-state index contributed by atoms with van der Waals surface area (Å²) in [5, 5.41) is 0. The highest BCUT2D eigenvalue weighted by Crippen LogP contribution is 2.40. The van der Waals surface area contributed by atoms with Gasteiger partial charge in [0, 0.05) is 17.7 Å². The number of ether oxygens (including phenoxy) is 1.